The molecular weight excluding hydrogens is 751 g/mol. The minimum atomic E-state index is -0.235. The molecule has 4 aromatic rings. The number of likely N-dealkylation sites (tertiary alicyclic amines) is 1. The summed E-state index contributed by atoms with van der Waals surface area (Å²) in [5.74, 6) is 1.45. The first-order valence-electron chi connectivity index (χ1n) is 20.8. The van der Waals surface area contributed by atoms with Gasteiger partial charge in [-0.2, -0.15) is 0 Å². The lowest BCUT2D eigenvalue weighted by molar-refractivity contribution is -0.140. The number of hydrogen-bond donors (Lipinski definition) is 3. The highest BCUT2D eigenvalue weighted by molar-refractivity contribution is 5.97. The minimum absolute atomic E-state index is 0.00236. The summed E-state index contributed by atoms with van der Waals surface area (Å²) in [6, 6.07) is 9.77. The van der Waals surface area contributed by atoms with Crippen LogP contribution in [0.25, 0.3) is 11.4 Å². The van der Waals surface area contributed by atoms with Crippen molar-refractivity contribution in [3.63, 3.8) is 0 Å². The van der Waals surface area contributed by atoms with Crippen LogP contribution in [0.1, 0.15) is 63.6 Å². The third-order valence-corrected chi connectivity index (χ3v) is 12.5. The van der Waals surface area contributed by atoms with Gasteiger partial charge in [0.05, 0.1) is 36.6 Å². The van der Waals surface area contributed by atoms with Crippen molar-refractivity contribution in [2.45, 2.75) is 58.4 Å². The zero-order valence-corrected chi connectivity index (χ0v) is 33.9. The quantitative estimate of drug-likeness (QED) is 0.225. The van der Waals surface area contributed by atoms with Gasteiger partial charge in [0, 0.05) is 115 Å². The fraction of sp³-hybridized carbons (Fsp3) is 0.488. The number of piperazine rings is 1. The number of benzene rings is 2. The van der Waals surface area contributed by atoms with E-state index in [1.54, 1.807) is 23.4 Å². The maximum atomic E-state index is 13.5. The van der Waals surface area contributed by atoms with Gasteiger partial charge in [-0.3, -0.25) is 24.3 Å². The van der Waals surface area contributed by atoms with Gasteiger partial charge in [-0.15, -0.1) is 0 Å². The van der Waals surface area contributed by atoms with Crippen LogP contribution in [0.3, 0.4) is 0 Å². The topological polar surface area (TPSA) is 181 Å². The first kappa shape index (κ1) is 39.1. The van der Waals surface area contributed by atoms with Crippen molar-refractivity contribution in [1.29, 1.82) is 0 Å². The highest BCUT2D eigenvalue weighted by Crippen LogP contribution is 2.35. The van der Waals surface area contributed by atoms with Crippen LogP contribution in [-0.4, -0.2) is 151 Å². The number of phenolic OH excluding ortho intramolecular Hbond substituents is 2. The molecule has 3 saturated heterocycles. The van der Waals surface area contributed by atoms with Gasteiger partial charge in [-0.1, -0.05) is 32.0 Å². The smallest absolute Gasteiger partial charge is 0.258 e. The lowest BCUT2D eigenvalue weighted by atomic mass is 9.98. The van der Waals surface area contributed by atoms with Crippen molar-refractivity contribution in [1.82, 2.24) is 44.4 Å². The van der Waals surface area contributed by atoms with Gasteiger partial charge < -0.3 is 35.4 Å². The Bertz CT molecular complexity index is 2220. The second-order valence-corrected chi connectivity index (χ2v) is 16.8. The first-order valence-corrected chi connectivity index (χ1v) is 20.8. The number of anilines is 2. The molecule has 0 saturated carbocycles. The van der Waals surface area contributed by atoms with Crippen molar-refractivity contribution in [2.24, 2.45) is 0 Å². The number of hydrogen-bond acceptors (Lipinski definition) is 14. The molecule has 0 spiro atoms. The van der Waals surface area contributed by atoms with Gasteiger partial charge >= 0.3 is 0 Å². The van der Waals surface area contributed by atoms with Crippen LogP contribution in [0.15, 0.2) is 42.7 Å². The predicted molar refractivity (Wildman–Crippen MR) is 221 cm³/mol. The largest absolute Gasteiger partial charge is 0.508 e. The highest BCUT2D eigenvalue weighted by atomic mass is 16.5. The van der Waals surface area contributed by atoms with Crippen LogP contribution < -0.4 is 10.6 Å². The van der Waals surface area contributed by atoms with Crippen molar-refractivity contribution >= 4 is 23.6 Å². The van der Waals surface area contributed by atoms with Crippen molar-refractivity contribution in [2.75, 3.05) is 89.3 Å². The Morgan fingerprint density at radius 1 is 0.847 bits per heavy atom. The molecule has 0 atom stereocenters. The molecule has 0 unspecified atom stereocenters. The van der Waals surface area contributed by atoms with E-state index in [9.17, 15) is 19.8 Å². The van der Waals surface area contributed by atoms with Gasteiger partial charge in [-0.05, 0) is 40.7 Å². The SMILES string of the molecule is CC(C)c1cc(C(=O)N2Cc3ccc(CN4CCN(C5CN(C(=O)CN6CCc7c(nc(-c8cnc(N)nc8)nc7N7CCOCC7)C6)C5)CC4)cc3C2)c(O)cc1O. The monoisotopic (exact) mass is 803 g/mol. The maximum Gasteiger partial charge on any atom is 0.258 e. The molecule has 4 N–H and O–H groups in total. The molecule has 5 aliphatic heterocycles. The molecule has 0 radical (unpaired) electrons. The van der Waals surface area contributed by atoms with E-state index in [1.807, 2.05) is 18.7 Å². The van der Waals surface area contributed by atoms with E-state index in [1.165, 1.54) is 11.6 Å². The number of nitrogens with two attached hydrogens (primary N) is 1. The molecule has 5 aliphatic rings. The summed E-state index contributed by atoms with van der Waals surface area (Å²) < 4.78 is 5.61. The van der Waals surface area contributed by atoms with E-state index in [2.05, 4.69) is 47.8 Å². The lowest BCUT2D eigenvalue weighted by Crippen LogP contribution is -2.65. The van der Waals surface area contributed by atoms with Crippen LogP contribution >= 0.6 is 0 Å². The summed E-state index contributed by atoms with van der Waals surface area (Å²) in [5.41, 5.74) is 12.9. The minimum Gasteiger partial charge on any atom is -0.508 e. The number of carbonyl (C=O) groups excluding carboxylic acids is 2. The number of aromatic nitrogens is 4. The fourth-order valence-corrected chi connectivity index (χ4v) is 9.03. The number of nitrogens with zero attached hydrogens (tertiary/aromatic N) is 10. The summed E-state index contributed by atoms with van der Waals surface area (Å²) in [7, 11) is 0. The Labute approximate surface area is 344 Å². The molecular formula is C43H53N11O5. The molecule has 7 heterocycles. The number of morpholine rings is 1. The summed E-state index contributed by atoms with van der Waals surface area (Å²) >= 11 is 0. The van der Waals surface area contributed by atoms with Gasteiger partial charge in [0.1, 0.15) is 17.3 Å². The summed E-state index contributed by atoms with van der Waals surface area (Å²) in [6.07, 6.45) is 4.08. The average Bonchev–Trinajstić information content (AvgIpc) is 3.64. The summed E-state index contributed by atoms with van der Waals surface area (Å²) in [5, 5.41) is 20.8. The Kier molecular flexibility index (Phi) is 10.8. The van der Waals surface area contributed by atoms with Crippen LogP contribution in [0, 0.1) is 0 Å². The number of fused-ring (bicyclic) bond motifs is 2. The number of aromatic hydroxyl groups is 2. The molecule has 2 aromatic carbocycles. The Morgan fingerprint density at radius 3 is 2.34 bits per heavy atom. The van der Waals surface area contributed by atoms with E-state index >= 15 is 0 Å². The van der Waals surface area contributed by atoms with Gasteiger partial charge in [-0.25, -0.2) is 19.9 Å². The molecule has 2 amide bonds. The van der Waals surface area contributed by atoms with E-state index in [-0.39, 0.29) is 40.7 Å². The first-order chi connectivity index (χ1) is 28.6. The standard InChI is InChI=1S/C43H53N11O5/c1-27(2)34-16-35(38(56)17-37(34)55)42(58)54-21-29-4-3-28(15-30(29)22-54)20-49-7-9-51(10-8-49)32-23-53(24-32)39(57)26-50-6-5-33-36(25-50)47-40(31-18-45-43(44)46-19-31)48-41(33)52-11-13-59-14-12-52/h3-4,15-19,27,32,55-56H,5-14,20-26H2,1-2H3,(H2,44,45,46). The van der Waals surface area contributed by atoms with Crippen molar-refractivity contribution < 1.29 is 24.5 Å². The maximum absolute atomic E-state index is 13.5. The normalized spacial score (nSPS) is 19.2. The van der Waals surface area contributed by atoms with E-state index in [4.69, 9.17) is 20.4 Å². The predicted octanol–water partition coefficient (Wildman–Crippen LogP) is 2.43. The molecule has 310 valence electrons. The molecule has 59 heavy (non-hydrogen) atoms. The van der Waals surface area contributed by atoms with E-state index in [0.29, 0.717) is 62.4 Å². The number of amides is 2. The fourth-order valence-electron chi connectivity index (χ4n) is 9.03. The third-order valence-electron chi connectivity index (χ3n) is 12.5. The number of nitrogen functional groups attached to an aromatic ring is 1. The van der Waals surface area contributed by atoms with Crippen LogP contribution in [0.5, 0.6) is 11.5 Å². The second kappa shape index (κ2) is 16.3. The van der Waals surface area contributed by atoms with Gasteiger partial charge in [0.2, 0.25) is 11.9 Å². The molecule has 0 bridgehead atoms. The van der Waals surface area contributed by atoms with E-state index in [0.717, 1.165) is 100 Å². The Hall–Kier alpha value is -5.42. The number of ether oxygens (including phenoxy) is 1. The Morgan fingerprint density at radius 2 is 1.59 bits per heavy atom. The van der Waals surface area contributed by atoms with E-state index < -0.39 is 0 Å². The Balaban J connectivity index is 0.750. The zero-order valence-electron chi connectivity index (χ0n) is 33.9. The second-order valence-electron chi connectivity index (χ2n) is 16.8. The molecule has 16 heteroatoms. The number of phenols is 2. The molecule has 0 aliphatic carbocycles. The average molecular weight is 804 g/mol. The van der Waals surface area contributed by atoms with Crippen LogP contribution in [0.4, 0.5) is 11.8 Å². The summed E-state index contributed by atoms with van der Waals surface area (Å²) in [6.45, 7) is 15.6. The van der Waals surface area contributed by atoms with Crippen LogP contribution in [-0.2, 0) is 42.1 Å². The van der Waals surface area contributed by atoms with Crippen molar-refractivity contribution in [3.05, 3.63) is 81.8 Å². The molecule has 2 aromatic heterocycles. The highest BCUT2D eigenvalue weighted by Gasteiger charge is 2.37. The van der Waals surface area contributed by atoms with Crippen LogP contribution in [0.2, 0.25) is 0 Å². The molecule has 3 fully saturated rings. The number of carbonyl (C=O) groups is 2. The van der Waals surface area contributed by atoms with Gasteiger partial charge in [0.15, 0.2) is 5.82 Å². The summed E-state index contributed by atoms with van der Waals surface area (Å²) in [4.78, 5) is 58.5. The van der Waals surface area contributed by atoms with Crippen molar-refractivity contribution in [3.8, 4) is 22.9 Å². The number of rotatable bonds is 9. The molecule has 9 rings (SSSR count). The molecule has 16 nitrogen and oxygen atoms in total. The third kappa shape index (κ3) is 8.14. The zero-order chi connectivity index (χ0) is 40.8. The van der Waals surface area contributed by atoms with Gasteiger partial charge in [0.25, 0.3) is 5.91 Å². The lowest BCUT2D eigenvalue weighted by Gasteiger charge is -2.48.